The molecule has 1 aliphatic heterocycles. The number of nitrogens with zero attached hydrogens (tertiary/aromatic N) is 3. The van der Waals surface area contributed by atoms with Crippen molar-refractivity contribution in [2.45, 2.75) is 64.8 Å². The molecule has 27 heavy (non-hydrogen) atoms. The molecule has 0 amide bonds. The Balaban J connectivity index is 2.21. The lowest BCUT2D eigenvalue weighted by molar-refractivity contribution is -0.165. The predicted octanol–water partition coefficient (Wildman–Crippen LogP) is -0.475. The van der Waals surface area contributed by atoms with E-state index in [2.05, 4.69) is 10.3 Å². The number of hydrogen-bond donors (Lipinski definition) is 1. The average molecular weight is 385 g/mol. The van der Waals surface area contributed by atoms with Crippen molar-refractivity contribution in [3.8, 4) is 0 Å². The minimum Gasteiger partial charge on any atom is -0.463 e. The quantitative estimate of drug-likeness (QED) is 0.484. The van der Waals surface area contributed by atoms with Crippen LogP contribution >= 0.6 is 0 Å². The van der Waals surface area contributed by atoms with Crippen LogP contribution in [0.5, 0.6) is 0 Å². The SMILES string of the molecule is CC(=O)OC[C@H]1O[C@@H](Cn2cc(C(C)O)nn2)[C@@H](OC(C)=O)[C@@H]1OC(C)=O. The number of carbonyl (C=O) groups is 3. The molecule has 150 valence electrons. The van der Waals surface area contributed by atoms with E-state index in [9.17, 15) is 19.5 Å². The van der Waals surface area contributed by atoms with E-state index < -0.39 is 48.4 Å². The van der Waals surface area contributed by atoms with Gasteiger partial charge >= 0.3 is 17.9 Å². The van der Waals surface area contributed by atoms with Gasteiger partial charge in [-0.1, -0.05) is 5.21 Å². The maximum Gasteiger partial charge on any atom is 0.303 e. The van der Waals surface area contributed by atoms with Gasteiger partial charge < -0.3 is 24.1 Å². The normalized spacial score (nSPS) is 25.7. The first-order chi connectivity index (χ1) is 12.7. The minimum atomic E-state index is -0.949. The highest BCUT2D eigenvalue weighted by atomic mass is 16.6. The third kappa shape index (κ3) is 5.73. The lowest BCUT2D eigenvalue weighted by Gasteiger charge is -2.23. The Morgan fingerprint density at radius 3 is 2.22 bits per heavy atom. The lowest BCUT2D eigenvalue weighted by atomic mass is 10.1. The van der Waals surface area contributed by atoms with E-state index in [4.69, 9.17) is 18.9 Å². The van der Waals surface area contributed by atoms with Crippen molar-refractivity contribution >= 4 is 17.9 Å². The molecular formula is C16H23N3O8. The largest absolute Gasteiger partial charge is 0.463 e. The second-order valence-electron chi connectivity index (χ2n) is 6.21. The van der Waals surface area contributed by atoms with Crippen molar-refractivity contribution in [3.63, 3.8) is 0 Å². The molecule has 0 aromatic carbocycles. The van der Waals surface area contributed by atoms with Gasteiger partial charge in [0, 0.05) is 20.8 Å². The molecule has 1 aromatic rings. The molecule has 0 bridgehead atoms. The van der Waals surface area contributed by atoms with Gasteiger partial charge in [0.2, 0.25) is 0 Å². The van der Waals surface area contributed by atoms with Gasteiger partial charge in [0.05, 0.1) is 18.8 Å². The van der Waals surface area contributed by atoms with Gasteiger partial charge in [-0.25, -0.2) is 4.68 Å². The highest BCUT2D eigenvalue weighted by Gasteiger charge is 2.49. The van der Waals surface area contributed by atoms with Crippen molar-refractivity contribution < 1.29 is 38.4 Å². The fourth-order valence-electron chi connectivity index (χ4n) is 2.73. The van der Waals surface area contributed by atoms with E-state index in [1.54, 1.807) is 6.92 Å². The summed E-state index contributed by atoms with van der Waals surface area (Å²) in [5, 5.41) is 17.3. The Hall–Kier alpha value is -2.53. The molecule has 1 unspecified atom stereocenters. The number of rotatable bonds is 7. The summed E-state index contributed by atoms with van der Waals surface area (Å²) in [7, 11) is 0. The molecule has 2 heterocycles. The zero-order valence-corrected chi connectivity index (χ0v) is 15.5. The maximum atomic E-state index is 11.5. The molecule has 1 fully saturated rings. The number of esters is 3. The molecule has 0 radical (unpaired) electrons. The van der Waals surface area contributed by atoms with Crippen LogP contribution in [-0.2, 0) is 39.9 Å². The second kappa shape index (κ2) is 8.91. The van der Waals surface area contributed by atoms with E-state index in [0.717, 1.165) is 0 Å². The third-order valence-electron chi connectivity index (χ3n) is 3.81. The van der Waals surface area contributed by atoms with Gasteiger partial charge in [-0.2, -0.15) is 0 Å². The van der Waals surface area contributed by atoms with Crippen molar-refractivity contribution in [2.75, 3.05) is 6.61 Å². The van der Waals surface area contributed by atoms with E-state index in [-0.39, 0.29) is 13.2 Å². The molecule has 0 aliphatic carbocycles. The van der Waals surface area contributed by atoms with Crippen LogP contribution in [0, 0.1) is 0 Å². The summed E-state index contributed by atoms with van der Waals surface area (Å²) in [6.45, 7) is 5.18. The summed E-state index contributed by atoms with van der Waals surface area (Å²) in [6, 6.07) is 0. The Bertz CT molecular complexity index is 689. The van der Waals surface area contributed by atoms with Gasteiger partial charge in [-0.05, 0) is 6.92 Å². The molecule has 1 aliphatic rings. The van der Waals surface area contributed by atoms with Crippen molar-refractivity contribution in [2.24, 2.45) is 0 Å². The standard InChI is InChI=1S/C16H23N3O8/c1-8(20)12-5-19(18-17-12)6-13-15(25-10(3)22)16(26-11(4)23)14(27-13)7-24-9(2)21/h5,8,13-16,20H,6-7H2,1-4H3/t8?,13-,14+,15+,16+/m0/s1. The molecule has 0 saturated carbocycles. The van der Waals surface area contributed by atoms with E-state index in [0.29, 0.717) is 5.69 Å². The Labute approximate surface area is 155 Å². The van der Waals surface area contributed by atoms with Crippen LogP contribution < -0.4 is 0 Å². The van der Waals surface area contributed by atoms with Crippen LogP contribution in [0.4, 0.5) is 0 Å². The van der Waals surface area contributed by atoms with Gasteiger partial charge in [0.15, 0.2) is 12.2 Å². The van der Waals surface area contributed by atoms with Crippen LogP contribution in [0.1, 0.15) is 39.5 Å². The summed E-state index contributed by atoms with van der Waals surface area (Å²) in [5.41, 5.74) is 0.366. The smallest absolute Gasteiger partial charge is 0.303 e. The number of hydrogen-bond acceptors (Lipinski definition) is 10. The Morgan fingerprint density at radius 1 is 1.15 bits per heavy atom. The number of aliphatic hydroxyl groups is 1. The van der Waals surface area contributed by atoms with Gasteiger partial charge in [-0.15, -0.1) is 5.10 Å². The number of aliphatic hydroxyl groups excluding tert-OH is 1. The molecule has 1 saturated heterocycles. The Morgan fingerprint density at radius 2 is 1.74 bits per heavy atom. The molecule has 1 N–H and O–H groups in total. The van der Waals surface area contributed by atoms with Crippen LogP contribution in [0.2, 0.25) is 0 Å². The first-order valence-corrected chi connectivity index (χ1v) is 8.38. The summed E-state index contributed by atoms with van der Waals surface area (Å²) in [5.74, 6) is -1.70. The molecular weight excluding hydrogens is 362 g/mol. The zero-order chi connectivity index (χ0) is 20.1. The summed E-state index contributed by atoms with van der Waals surface area (Å²) in [6.07, 6.45) is -2.69. The van der Waals surface area contributed by atoms with E-state index in [1.165, 1.54) is 31.6 Å². The molecule has 2 rings (SSSR count). The fraction of sp³-hybridized carbons (Fsp3) is 0.688. The average Bonchev–Trinajstić information content (AvgIpc) is 3.12. The molecule has 5 atom stereocenters. The van der Waals surface area contributed by atoms with Gasteiger partial charge in [0.1, 0.15) is 24.5 Å². The molecule has 11 heteroatoms. The minimum absolute atomic E-state index is 0.117. The first kappa shape index (κ1) is 20.8. The summed E-state index contributed by atoms with van der Waals surface area (Å²) < 4.78 is 22.8. The molecule has 0 spiro atoms. The summed E-state index contributed by atoms with van der Waals surface area (Å²) in [4.78, 5) is 34.1. The van der Waals surface area contributed by atoms with Gasteiger partial charge in [0.25, 0.3) is 0 Å². The lowest BCUT2D eigenvalue weighted by Crippen LogP contribution is -2.42. The van der Waals surface area contributed by atoms with E-state index >= 15 is 0 Å². The van der Waals surface area contributed by atoms with Crippen LogP contribution in [0.25, 0.3) is 0 Å². The number of ether oxygens (including phenoxy) is 4. The highest BCUT2D eigenvalue weighted by Crippen LogP contribution is 2.28. The van der Waals surface area contributed by atoms with E-state index in [1.807, 2.05) is 0 Å². The third-order valence-corrected chi connectivity index (χ3v) is 3.81. The maximum absolute atomic E-state index is 11.5. The van der Waals surface area contributed by atoms with Gasteiger partial charge in [-0.3, -0.25) is 14.4 Å². The van der Waals surface area contributed by atoms with Crippen molar-refractivity contribution in [3.05, 3.63) is 11.9 Å². The first-order valence-electron chi connectivity index (χ1n) is 8.38. The molecule has 1 aromatic heterocycles. The Kier molecular flexibility index (Phi) is 6.86. The predicted molar refractivity (Wildman–Crippen MR) is 87.1 cm³/mol. The summed E-state index contributed by atoms with van der Waals surface area (Å²) >= 11 is 0. The number of aromatic nitrogens is 3. The highest BCUT2D eigenvalue weighted by molar-refractivity contribution is 5.68. The second-order valence-corrected chi connectivity index (χ2v) is 6.21. The topological polar surface area (TPSA) is 139 Å². The molecule has 11 nitrogen and oxygen atoms in total. The number of carbonyl (C=O) groups excluding carboxylic acids is 3. The van der Waals surface area contributed by atoms with Crippen LogP contribution in [0.15, 0.2) is 6.20 Å². The zero-order valence-electron chi connectivity index (χ0n) is 15.5. The van der Waals surface area contributed by atoms with Crippen LogP contribution in [0.3, 0.4) is 0 Å². The van der Waals surface area contributed by atoms with Crippen LogP contribution in [-0.4, -0.2) is 69.0 Å². The van der Waals surface area contributed by atoms with Crippen molar-refractivity contribution in [1.82, 2.24) is 15.0 Å². The fourth-order valence-corrected chi connectivity index (χ4v) is 2.73. The monoisotopic (exact) mass is 385 g/mol. The van der Waals surface area contributed by atoms with Crippen molar-refractivity contribution in [1.29, 1.82) is 0 Å².